The molecule has 1 amide bonds. The Bertz CT molecular complexity index is 690. The van der Waals surface area contributed by atoms with E-state index in [-0.39, 0.29) is 11.1 Å². The van der Waals surface area contributed by atoms with Crippen LogP contribution in [0.2, 0.25) is 5.15 Å². The molecule has 6 heteroatoms. The molecule has 102 valence electrons. The number of halogens is 2. The van der Waals surface area contributed by atoms with Gasteiger partial charge in [0.2, 0.25) is 0 Å². The SMILES string of the molecule is O=C(Nc1cc(Br)cnc1Cl)c1ccc2c(c1)CCN2. The number of amides is 1. The number of nitrogens with one attached hydrogen (secondary N) is 2. The van der Waals surface area contributed by atoms with E-state index in [1.807, 2.05) is 12.1 Å². The van der Waals surface area contributed by atoms with Crippen LogP contribution >= 0.6 is 27.5 Å². The van der Waals surface area contributed by atoms with Gasteiger partial charge in [0, 0.05) is 28.5 Å². The van der Waals surface area contributed by atoms with E-state index in [1.165, 1.54) is 0 Å². The third-order valence-corrected chi connectivity index (χ3v) is 3.87. The van der Waals surface area contributed by atoms with Crippen molar-refractivity contribution in [3.05, 3.63) is 51.2 Å². The minimum absolute atomic E-state index is 0.193. The van der Waals surface area contributed by atoms with E-state index < -0.39 is 0 Å². The lowest BCUT2D eigenvalue weighted by Gasteiger charge is -2.08. The zero-order valence-electron chi connectivity index (χ0n) is 10.4. The summed E-state index contributed by atoms with van der Waals surface area (Å²) >= 11 is 9.27. The molecule has 1 aliphatic rings. The highest BCUT2D eigenvalue weighted by atomic mass is 79.9. The van der Waals surface area contributed by atoms with Crippen LogP contribution in [-0.4, -0.2) is 17.4 Å². The van der Waals surface area contributed by atoms with Gasteiger partial charge in [-0.2, -0.15) is 0 Å². The van der Waals surface area contributed by atoms with Gasteiger partial charge in [-0.3, -0.25) is 4.79 Å². The standard InChI is InChI=1S/C14H11BrClN3O/c15-10-6-12(13(16)18-7-10)19-14(20)9-1-2-11-8(5-9)3-4-17-11/h1-2,5-7,17H,3-4H2,(H,19,20). The number of benzene rings is 1. The molecule has 0 radical (unpaired) electrons. The van der Waals surface area contributed by atoms with Crippen LogP contribution in [-0.2, 0) is 6.42 Å². The van der Waals surface area contributed by atoms with Crippen molar-refractivity contribution in [2.24, 2.45) is 0 Å². The molecule has 1 aromatic heterocycles. The zero-order valence-corrected chi connectivity index (χ0v) is 12.8. The van der Waals surface area contributed by atoms with Gasteiger partial charge in [0.25, 0.3) is 5.91 Å². The first-order chi connectivity index (χ1) is 9.63. The van der Waals surface area contributed by atoms with Crippen molar-refractivity contribution < 1.29 is 4.79 Å². The topological polar surface area (TPSA) is 54.0 Å². The number of aromatic nitrogens is 1. The smallest absolute Gasteiger partial charge is 0.255 e. The van der Waals surface area contributed by atoms with E-state index in [2.05, 4.69) is 31.5 Å². The Hall–Kier alpha value is -1.59. The Morgan fingerprint density at radius 3 is 3.10 bits per heavy atom. The van der Waals surface area contributed by atoms with Crippen LogP contribution in [0.3, 0.4) is 0 Å². The summed E-state index contributed by atoms with van der Waals surface area (Å²) in [6.07, 6.45) is 2.52. The van der Waals surface area contributed by atoms with Crippen molar-refractivity contribution in [1.29, 1.82) is 0 Å². The molecule has 0 spiro atoms. The Kier molecular flexibility index (Phi) is 3.63. The van der Waals surface area contributed by atoms with Crippen molar-refractivity contribution in [2.45, 2.75) is 6.42 Å². The summed E-state index contributed by atoms with van der Waals surface area (Å²) in [7, 11) is 0. The van der Waals surface area contributed by atoms with Crippen LogP contribution in [0.5, 0.6) is 0 Å². The van der Waals surface area contributed by atoms with Crippen molar-refractivity contribution >= 4 is 44.8 Å². The lowest BCUT2D eigenvalue weighted by molar-refractivity contribution is 0.102. The Balaban J connectivity index is 1.84. The molecular weight excluding hydrogens is 342 g/mol. The molecule has 2 heterocycles. The maximum absolute atomic E-state index is 12.2. The molecule has 2 N–H and O–H groups in total. The molecule has 0 atom stereocenters. The van der Waals surface area contributed by atoms with E-state index in [0.29, 0.717) is 11.3 Å². The average Bonchev–Trinajstić information content (AvgIpc) is 2.90. The fourth-order valence-electron chi connectivity index (χ4n) is 2.15. The predicted octanol–water partition coefficient (Wildman–Crippen LogP) is 3.72. The third kappa shape index (κ3) is 2.64. The molecule has 0 fully saturated rings. The quantitative estimate of drug-likeness (QED) is 0.810. The number of anilines is 2. The molecule has 20 heavy (non-hydrogen) atoms. The van der Waals surface area contributed by atoms with Crippen molar-refractivity contribution in [2.75, 3.05) is 17.2 Å². The molecular formula is C14H11BrClN3O. The van der Waals surface area contributed by atoms with Gasteiger partial charge < -0.3 is 10.6 Å². The minimum Gasteiger partial charge on any atom is -0.384 e. The largest absolute Gasteiger partial charge is 0.384 e. The van der Waals surface area contributed by atoms with E-state index >= 15 is 0 Å². The average molecular weight is 353 g/mol. The van der Waals surface area contributed by atoms with Crippen LogP contribution in [0.1, 0.15) is 15.9 Å². The van der Waals surface area contributed by atoms with E-state index in [4.69, 9.17) is 11.6 Å². The maximum atomic E-state index is 12.2. The number of rotatable bonds is 2. The first-order valence-corrected chi connectivity index (χ1v) is 7.30. The molecule has 1 aromatic carbocycles. The van der Waals surface area contributed by atoms with Gasteiger partial charge in [0.1, 0.15) is 0 Å². The van der Waals surface area contributed by atoms with Gasteiger partial charge in [-0.1, -0.05) is 11.6 Å². The third-order valence-electron chi connectivity index (χ3n) is 3.13. The summed E-state index contributed by atoms with van der Waals surface area (Å²) in [5, 5.41) is 6.31. The van der Waals surface area contributed by atoms with Gasteiger partial charge in [-0.15, -0.1) is 0 Å². The van der Waals surface area contributed by atoms with Crippen LogP contribution in [0.4, 0.5) is 11.4 Å². The summed E-state index contributed by atoms with van der Waals surface area (Å²) in [6, 6.07) is 7.36. The maximum Gasteiger partial charge on any atom is 0.255 e. The Morgan fingerprint density at radius 1 is 1.40 bits per heavy atom. The fourth-order valence-corrected chi connectivity index (χ4v) is 2.63. The highest BCUT2D eigenvalue weighted by molar-refractivity contribution is 9.10. The lowest BCUT2D eigenvalue weighted by Crippen LogP contribution is -2.12. The van der Waals surface area contributed by atoms with Crippen molar-refractivity contribution in [1.82, 2.24) is 4.98 Å². The summed E-state index contributed by atoms with van der Waals surface area (Å²) in [5.41, 5.74) is 3.37. The van der Waals surface area contributed by atoms with Crippen LogP contribution in [0.25, 0.3) is 0 Å². The molecule has 0 saturated carbocycles. The highest BCUT2D eigenvalue weighted by Gasteiger charge is 2.14. The zero-order chi connectivity index (χ0) is 14.1. The molecule has 0 bridgehead atoms. The molecule has 4 nitrogen and oxygen atoms in total. The number of nitrogens with zero attached hydrogens (tertiary/aromatic N) is 1. The molecule has 3 rings (SSSR count). The summed E-state index contributed by atoms with van der Waals surface area (Å²) in [4.78, 5) is 16.2. The fraction of sp³-hybridized carbons (Fsp3) is 0.143. The normalized spacial score (nSPS) is 12.7. The molecule has 2 aromatic rings. The van der Waals surface area contributed by atoms with E-state index in [9.17, 15) is 4.79 Å². The Labute approximate surface area is 129 Å². The molecule has 1 aliphatic heterocycles. The minimum atomic E-state index is -0.193. The van der Waals surface area contributed by atoms with Gasteiger partial charge >= 0.3 is 0 Å². The second-order valence-corrected chi connectivity index (χ2v) is 5.77. The van der Waals surface area contributed by atoms with E-state index in [0.717, 1.165) is 28.7 Å². The van der Waals surface area contributed by atoms with Gasteiger partial charge in [0.15, 0.2) is 5.15 Å². The molecule has 0 saturated heterocycles. The van der Waals surface area contributed by atoms with Crippen LogP contribution < -0.4 is 10.6 Å². The number of carbonyl (C=O) groups is 1. The Morgan fingerprint density at radius 2 is 2.25 bits per heavy atom. The monoisotopic (exact) mass is 351 g/mol. The van der Waals surface area contributed by atoms with Crippen LogP contribution in [0, 0.1) is 0 Å². The van der Waals surface area contributed by atoms with E-state index in [1.54, 1.807) is 18.3 Å². The van der Waals surface area contributed by atoms with Gasteiger partial charge in [-0.25, -0.2) is 4.98 Å². The predicted molar refractivity (Wildman–Crippen MR) is 83.5 cm³/mol. The second kappa shape index (κ2) is 5.42. The number of hydrogen-bond acceptors (Lipinski definition) is 3. The molecule has 0 unspecified atom stereocenters. The lowest BCUT2D eigenvalue weighted by atomic mass is 10.1. The first-order valence-electron chi connectivity index (χ1n) is 6.13. The number of fused-ring (bicyclic) bond motifs is 1. The molecule has 0 aliphatic carbocycles. The summed E-state index contributed by atoms with van der Waals surface area (Å²) < 4.78 is 0.760. The van der Waals surface area contributed by atoms with Gasteiger partial charge in [-0.05, 0) is 52.2 Å². The number of carbonyl (C=O) groups excluding carboxylic acids is 1. The first kappa shape index (κ1) is 13.4. The number of pyridine rings is 1. The highest BCUT2D eigenvalue weighted by Crippen LogP contribution is 2.26. The number of hydrogen-bond donors (Lipinski definition) is 2. The van der Waals surface area contributed by atoms with Crippen molar-refractivity contribution in [3.63, 3.8) is 0 Å². The summed E-state index contributed by atoms with van der Waals surface area (Å²) in [5.74, 6) is -0.193. The van der Waals surface area contributed by atoms with Gasteiger partial charge in [0.05, 0.1) is 5.69 Å². The van der Waals surface area contributed by atoms with Crippen LogP contribution in [0.15, 0.2) is 34.9 Å². The van der Waals surface area contributed by atoms with Crippen molar-refractivity contribution in [3.8, 4) is 0 Å². The summed E-state index contributed by atoms with van der Waals surface area (Å²) in [6.45, 7) is 0.918. The second-order valence-electron chi connectivity index (χ2n) is 4.49.